The maximum Gasteiger partial charge on any atom is 0.258 e. The second-order valence-corrected chi connectivity index (χ2v) is 5.79. The Bertz CT molecular complexity index is 648. The monoisotopic (exact) mass is 244 g/mol. The fourth-order valence-corrected chi connectivity index (χ4v) is 2.24. The minimum atomic E-state index is -0.00304. The van der Waals surface area contributed by atoms with E-state index in [-0.39, 0.29) is 11.0 Å². The molecule has 0 radical (unpaired) electrons. The van der Waals surface area contributed by atoms with E-state index in [0.717, 1.165) is 16.3 Å². The largest absolute Gasteiger partial charge is 0.326 e. The zero-order valence-corrected chi connectivity index (χ0v) is 11.4. The predicted octanol–water partition coefficient (Wildman–Crippen LogP) is 2.29. The lowest BCUT2D eigenvalue weighted by atomic mass is 9.84. The first-order valence-corrected chi connectivity index (χ1v) is 6.17. The maximum absolute atomic E-state index is 12.1. The van der Waals surface area contributed by atoms with Gasteiger partial charge in [-0.3, -0.25) is 4.79 Å². The van der Waals surface area contributed by atoms with Crippen molar-refractivity contribution in [2.45, 2.75) is 32.7 Å². The third-order valence-electron chi connectivity index (χ3n) is 3.29. The van der Waals surface area contributed by atoms with Crippen LogP contribution in [0.5, 0.6) is 0 Å². The lowest BCUT2D eigenvalue weighted by Crippen LogP contribution is -2.22. The lowest BCUT2D eigenvalue weighted by Gasteiger charge is -2.22. The van der Waals surface area contributed by atoms with Gasteiger partial charge in [0.2, 0.25) is 0 Å². The van der Waals surface area contributed by atoms with Crippen LogP contribution in [0.3, 0.4) is 0 Å². The van der Waals surface area contributed by atoms with Crippen molar-refractivity contribution in [1.29, 1.82) is 0 Å². The summed E-state index contributed by atoms with van der Waals surface area (Å²) in [6, 6.07) is 5.85. The number of aryl methyl sites for hydroxylation is 1. The SMILES string of the molecule is Cn1cc(C(C)(C)C)c2cc(CN)ccc2c1=O. The van der Waals surface area contributed by atoms with Gasteiger partial charge in [-0.15, -0.1) is 0 Å². The molecule has 1 aromatic heterocycles. The van der Waals surface area contributed by atoms with Crippen molar-refractivity contribution in [1.82, 2.24) is 4.57 Å². The number of nitrogens with two attached hydrogens (primary N) is 1. The van der Waals surface area contributed by atoms with Gasteiger partial charge in [-0.05, 0) is 34.1 Å². The summed E-state index contributed by atoms with van der Waals surface area (Å²) in [4.78, 5) is 12.1. The zero-order valence-electron chi connectivity index (χ0n) is 11.4. The molecule has 0 saturated heterocycles. The second-order valence-electron chi connectivity index (χ2n) is 5.79. The molecule has 0 atom stereocenters. The van der Waals surface area contributed by atoms with Crippen molar-refractivity contribution in [2.75, 3.05) is 0 Å². The van der Waals surface area contributed by atoms with Crippen molar-refractivity contribution < 1.29 is 0 Å². The topological polar surface area (TPSA) is 48.0 Å². The molecule has 0 aliphatic rings. The van der Waals surface area contributed by atoms with Gasteiger partial charge in [0, 0.05) is 25.2 Å². The minimum Gasteiger partial charge on any atom is -0.326 e. The molecule has 0 saturated carbocycles. The Balaban J connectivity index is 2.93. The van der Waals surface area contributed by atoms with Gasteiger partial charge in [-0.2, -0.15) is 0 Å². The average molecular weight is 244 g/mol. The Labute approximate surface area is 107 Å². The van der Waals surface area contributed by atoms with Gasteiger partial charge < -0.3 is 10.3 Å². The summed E-state index contributed by atoms with van der Waals surface area (Å²) in [6.07, 6.45) is 1.94. The highest BCUT2D eigenvalue weighted by Gasteiger charge is 2.19. The fourth-order valence-electron chi connectivity index (χ4n) is 2.24. The molecular weight excluding hydrogens is 224 g/mol. The maximum atomic E-state index is 12.1. The quantitative estimate of drug-likeness (QED) is 0.836. The van der Waals surface area contributed by atoms with Crippen LogP contribution in [0.4, 0.5) is 0 Å². The van der Waals surface area contributed by atoms with Gasteiger partial charge in [0.15, 0.2) is 0 Å². The molecule has 1 aromatic carbocycles. The molecule has 3 nitrogen and oxygen atoms in total. The van der Waals surface area contributed by atoms with Gasteiger partial charge in [-0.1, -0.05) is 26.8 Å². The number of pyridine rings is 1. The van der Waals surface area contributed by atoms with Crippen LogP contribution in [0.15, 0.2) is 29.2 Å². The Hall–Kier alpha value is -1.61. The molecule has 2 N–H and O–H groups in total. The first-order valence-electron chi connectivity index (χ1n) is 6.17. The van der Waals surface area contributed by atoms with Crippen LogP contribution in [0.25, 0.3) is 10.8 Å². The van der Waals surface area contributed by atoms with Crippen molar-refractivity contribution in [2.24, 2.45) is 12.8 Å². The molecule has 0 amide bonds. The van der Waals surface area contributed by atoms with Gasteiger partial charge in [-0.25, -0.2) is 0 Å². The van der Waals surface area contributed by atoms with Crippen LogP contribution in [0.2, 0.25) is 0 Å². The number of hydrogen-bond acceptors (Lipinski definition) is 2. The fraction of sp³-hybridized carbons (Fsp3) is 0.400. The normalized spacial score (nSPS) is 12.1. The van der Waals surface area contributed by atoms with E-state index in [1.165, 1.54) is 5.56 Å². The summed E-state index contributed by atoms with van der Waals surface area (Å²) in [7, 11) is 1.80. The van der Waals surface area contributed by atoms with Crippen LogP contribution in [0, 0.1) is 0 Å². The summed E-state index contributed by atoms with van der Waals surface area (Å²) in [5, 5.41) is 1.79. The Morgan fingerprint density at radius 2 is 1.89 bits per heavy atom. The average Bonchev–Trinajstić information content (AvgIpc) is 2.31. The van der Waals surface area contributed by atoms with Gasteiger partial charge in [0.25, 0.3) is 5.56 Å². The lowest BCUT2D eigenvalue weighted by molar-refractivity contribution is 0.587. The summed E-state index contributed by atoms with van der Waals surface area (Å²) in [5.74, 6) is 0. The first kappa shape index (κ1) is 12.8. The standard InChI is InChI=1S/C15H20N2O/c1-15(2,3)13-9-17(4)14(18)11-6-5-10(8-16)7-12(11)13/h5-7,9H,8,16H2,1-4H3. The number of nitrogens with zero attached hydrogens (tertiary/aromatic N) is 1. The molecule has 0 fully saturated rings. The Morgan fingerprint density at radius 1 is 1.22 bits per heavy atom. The molecule has 0 bridgehead atoms. The molecule has 0 aliphatic heterocycles. The van der Waals surface area contributed by atoms with Gasteiger partial charge >= 0.3 is 0 Å². The number of fused-ring (bicyclic) bond motifs is 1. The minimum absolute atomic E-state index is 0.00304. The van der Waals surface area contributed by atoms with E-state index in [0.29, 0.717) is 6.54 Å². The van der Waals surface area contributed by atoms with Crippen LogP contribution < -0.4 is 11.3 Å². The van der Waals surface area contributed by atoms with E-state index < -0.39 is 0 Å². The van der Waals surface area contributed by atoms with E-state index in [2.05, 4.69) is 20.8 Å². The Morgan fingerprint density at radius 3 is 2.44 bits per heavy atom. The van der Waals surface area contributed by atoms with Crippen molar-refractivity contribution in [3.63, 3.8) is 0 Å². The van der Waals surface area contributed by atoms with E-state index in [1.807, 2.05) is 24.4 Å². The molecular formula is C15H20N2O. The summed E-state index contributed by atoms with van der Waals surface area (Å²) in [5.41, 5.74) is 7.96. The number of hydrogen-bond donors (Lipinski definition) is 1. The van der Waals surface area contributed by atoms with E-state index >= 15 is 0 Å². The molecule has 2 aromatic rings. The van der Waals surface area contributed by atoms with Crippen molar-refractivity contribution in [3.8, 4) is 0 Å². The highest BCUT2D eigenvalue weighted by Crippen LogP contribution is 2.28. The van der Waals surface area contributed by atoms with Crippen LogP contribution >= 0.6 is 0 Å². The smallest absolute Gasteiger partial charge is 0.258 e. The van der Waals surface area contributed by atoms with Crippen molar-refractivity contribution in [3.05, 3.63) is 45.9 Å². The first-order chi connectivity index (χ1) is 8.34. The molecule has 2 rings (SSSR count). The zero-order chi connectivity index (χ0) is 13.5. The van der Waals surface area contributed by atoms with Crippen molar-refractivity contribution >= 4 is 10.8 Å². The molecule has 1 heterocycles. The van der Waals surface area contributed by atoms with E-state index in [9.17, 15) is 4.79 Å². The van der Waals surface area contributed by atoms with Gasteiger partial charge in [0.1, 0.15) is 0 Å². The molecule has 0 unspecified atom stereocenters. The van der Waals surface area contributed by atoms with Crippen LogP contribution in [-0.2, 0) is 19.0 Å². The summed E-state index contributed by atoms with van der Waals surface area (Å²) in [6.45, 7) is 6.96. The molecule has 3 heteroatoms. The second kappa shape index (κ2) is 4.25. The number of benzene rings is 1. The molecule has 18 heavy (non-hydrogen) atoms. The molecule has 0 aliphatic carbocycles. The Kier molecular flexibility index (Phi) is 3.03. The third-order valence-corrected chi connectivity index (χ3v) is 3.29. The van der Waals surface area contributed by atoms with Gasteiger partial charge in [0.05, 0.1) is 0 Å². The predicted molar refractivity (Wildman–Crippen MR) is 75.8 cm³/mol. The number of aromatic nitrogens is 1. The summed E-state index contributed by atoms with van der Waals surface area (Å²) < 4.78 is 1.66. The number of rotatable bonds is 1. The van der Waals surface area contributed by atoms with Crippen LogP contribution in [0.1, 0.15) is 31.9 Å². The third kappa shape index (κ3) is 2.06. The molecule has 96 valence electrons. The van der Waals surface area contributed by atoms with E-state index in [4.69, 9.17) is 5.73 Å². The highest BCUT2D eigenvalue weighted by molar-refractivity contribution is 5.86. The summed E-state index contributed by atoms with van der Waals surface area (Å²) >= 11 is 0. The van der Waals surface area contributed by atoms with E-state index in [1.54, 1.807) is 11.6 Å². The highest BCUT2D eigenvalue weighted by atomic mass is 16.1. The molecule has 0 spiro atoms. The van der Waals surface area contributed by atoms with Crippen LogP contribution in [-0.4, -0.2) is 4.57 Å².